The number of carbonyl (C=O) groups excluding carboxylic acids is 1. The Balaban J connectivity index is 2.35. The van der Waals surface area contributed by atoms with E-state index in [-0.39, 0.29) is 12.5 Å². The average Bonchev–Trinajstić information content (AvgIpc) is 2.45. The number of nitrogens with two attached hydrogens (primary N) is 1. The Hall–Kier alpha value is -1.86. The minimum absolute atomic E-state index is 0.206. The van der Waals surface area contributed by atoms with Crippen molar-refractivity contribution in [2.24, 2.45) is 0 Å². The summed E-state index contributed by atoms with van der Waals surface area (Å²) in [7, 11) is 0. The number of rotatable bonds is 6. The Bertz CT molecular complexity index is 542. The first-order valence-corrected chi connectivity index (χ1v) is 7.39. The van der Waals surface area contributed by atoms with Crippen molar-refractivity contribution in [3.05, 3.63) is 12.1 Å². The van der Waals surface area contributed by atoms with Crippen molar-refractivity contribution < 1.29 is 19.0 Å². The molecule has 2 rings (SSSR count). The number of aromatic nitrogens is 1. The number of anilines is 2. The summed E-state index contributed by atoms with van der Waals surface area (Å²) in [6, 6.07) is 3.36. The van der Waals surface area contributed by atoms with Crippen LogP contribution in [0.3, 0.4) is 0 Å². The Kier molecular flexibility index (Phi) is 4.87. The van der Waals surface area contributed by atoms with Gasteiger partial charge in [-0.1, -0.05) is 0 Å². The summed E-state index contributed by atoms with van der Waals surface area (Å²) < 4.78 is 16.8. The smallest absolute Gasteiger partial charge is 0.272 e. The molecule has 1 aromatic rings. The van der Waals surface area contributed by atoms with Crippen LogP contribution in [-0.4, -0.2) is 42.5 Å². The Morgan fingerprint density at radius 1 is 1.32 bits per heavy atom. The zero-order chi connectivity index (χ0) is 16.3. The summed E-state index contributed by atoms with van der Waals surface area (Å²) >= 11 is 0. The van der Waals surface area contributed by atoms with Crippen molar-refractivity contribution in [1.82, 2.24) is 4.98 Å². The van der Waals surface area contributed by atoms with Crippen LogP contribution in [-0.2, 0) is 14.3 Å². The lowest BCUT2D eigenvalue weighted by molar-refractivity contribution is -0.143. The van der Waals surface area contributed by atoms with Gasteiger partial charge < -0.3 is 19.9 Å². The van der Waals surface area contributed by atoms with Crippen LogP contribution >= 0.6 is 0 Å². The van der Waals surface area contributed by atoms with E-state index in [4.69, 9.17) is 19.9 Å². The topological polar surface area (TPSA) is 86.9 Å². The Morgan fingerprint density at radius 3 is 2.55 bits per heavy atom. The van der Waals surface area contributed by atoms with E-state index in [1.807, 2.05) is 13.8 Å². The van der Waals surface area contributed by atoms with E-state index >= 15 is 0 Å². The lowest BCUT2D eigenvalue weighted by Crippen LogP contribution is -2.55. The lowest BCUT2D eigenvalue weighted by atomic mass is 10.1. The van der Waals surface area contributed by atoms with Gasteiger partial charge in [-0.2, -0.15) is 0 Å². The van der Waals surface area contributed by atoms with Gasteiger partial charge in [-0.05, 0) is 39.8 Å². The van der Waals surface area contributed by atoms with E-state index in [0.29, 0.717) is 30.6 Å². The third kappa shape index (κ3) is 3.31. The van der Waals surface area contributed by atoms with Crippen LogP contribution in [0.25, 0.3) is 0 Å². The predicted molar refractivity (Wildman–Crippen MR) is 82.7 cm³/mol. The fraction of sp³-hybridized carbons (Fsp3) is 0.600. The van der Waals surface area contributed by atoms with Crippen molar-refractivity contribution in [2.45, 2.75) is 39.6 Å². The first-order chi connectivity index (χ1) is 10.4. The van der Waals surface area contributed by atoms with E-state index < -0.39 is 11.9 Å². The number of fused-ring (bicyclic) bond motifs is 1. The molecule has 0 saturated heterocycles. The third-order valence-electron chi connectivity index (χ3n) is 3.28. The van der Waals surface area contributed by atoms with Gasteiger partial charge in [0, 0.05) is 13.2 Å². The SMILES string of the molecule is CCOC(CN1C(=O)C(C)(C)Oc2ccc(N)nc21)OCC. The molecule has 0 bridgehead atoms. The second-order valence-corrected chi connectivity index (χ2v) is 5.43. The zero-order valence-corrected chi connectivity index (χ0v) is 13.5. The quantitative estimate of drug-likeness (QED) is 0.803. The minimum Gasteiger partial charge on any atom is -0.474 e. The molecule has 1 amide bonds. The number of pyridine rings is 1. The molecule has 0 unspecified atom stereocenters. The van der Waals surface area contributed by atoms with E-state index in [0.717, 1.165) is 0 Å². The van der Waals surface area contributed by atoms with Crippen molar-refractivity contribution >= 4 is 17.5 Å². The normalized spacial score (nSPS) is 16.6. The molecule has 1 aromatic heterocycles. The van der Waals surface area contributed by atoms with Gasteiger partial charge in [-0.15, -0.1) is 0 Å². The summed E-state index contributed by atoms with van der Waals surface area (Å²) in [5.41, 5.74) is 4.76. The first-order valence-electron chi connectivity index (χ1n) is 7.39. The highest BCUT2D eigenvalue weighted by atomic mass is 16.7. The summed E-state index contributed by atoms with van der Waals surface area (Å²) in [5.74, 6) is 1.03. The fourth-order valence-corrected chi connectivity index (χ4v) is 2.31. The molecule has 0 spiro atoms. The van der Waals surface area contributed by atoms with Crippen LogP contribution in [0.1, 0.15) is 27.7 Å². The summed E-state index contributed by atoms with van der Waals surface area (Å²) in [4.78, 5) is 18.4. The van der Waals surface area contributed by atoms with E-state index in [1.165, 1.54) is 4.90 Å². The van der Waals surface area contributed by atoms with Gasteiger partial charge >= 0.3 is 0 Å². The summed E-state index contributed by atoms with van der Waals surface area (Å²) in [6.07, 6.45) is -0.524. The summed E-state index contributed by atoms with van der Waals surface area (Å²) in [5, 5.41) is 0. The maximum Gasteiger partial charge on any atom is 0.272 e. The number of carbonyl (C=O) groups is 1. The average molecular weight is 309 g/mol. The maximum absolute atomic E-state index is 12.7. The standard InChI is InChI=1S/C15H23N3O4/c1-5-20-12(21-6-2)9-18-13-10(7-8-11(16)17-13)22-15(3,4)14(18)19/h7-8,12H,5-6,9H2,1-4H3,(H2,16,17). The van der Waals surface area contributed by atoms with Crippen molar-refractivity contribution in [1.29, 1.82) is 0 Å². The molecule has 0 radical (unpaired) electrons. The molecule has 1 aliphatic heterocycles. The highest BCUT2D eigenvalue weighted by Gasteiger charge is 2.42. The van der Waals surface area contributed by atoms with Gasteiger partial charge in [-0.25, -0.2) is 4.98 Å². The maximum atomic E-state index is 12.7. The molecule has 0 aliphatic carbocycles. The van der Waals surface area contributed by atoms with Gasteiger partial charge in [0.2, 0.25) is 0 Å². The van der Waals surface area contributed by atoms with Gasteiger partial charge in [0.25, 0.3) is 5.91 Å². The molecular weight excluding hydrogens is 286 g/mol. The molecule has 2 heterocycles. The summed E-state index contributed by atoms with van der Waals surface area (Å²) in [6.45, 7) is 8.41. The molecule has 0 aromatic carbocycles. The minimum atomic E-state index is -0.978. The monoisotopic (exact) mass is 309 g/mol. The predicted octanol–water partition coefficient (Wildman–Crippen LogP) is 1.57. The molecule has 122 valence electrons. The van der Waals surface area contributed by atoms with Gasteiger partial charge in [0.05, 0.1) is 6.54 Å². The molecular formula is C15H23N3O4. The first kappa shape index (κ1) is 16.5. The second-order valence-electron chi connectivity index (χ2n) is 5.43. The number of amides is 1. The highest BCUT2D eigenvalue weighted by molar-refractivity contribution is 6.01. The zero-order valence-electron chi connectivity index (χ0n) is 13.5. The third-order valence-corrected chi connectivity index (χ3v) is 3.28. The molecule has 2 N–H and O–H groups in total. The van der Waals surface area contributed by atoms with E-state index in [1.54, 1.807) is 26.0 Å². The van der Waals surface area contributed by atoms with Gasteiger partial charge in [-0.3, -0.25) is 9.69 Å². The van der Waals surface area contributed by atoms with Crippen LogP contribution in [0.4, 0.5) is 11.6 Å². The van der Waals surface area contributed by atoms with Gasteiger partial charge in [0.1, 0.15) is 5.82 Å². The number of hydrogen-bond acceptors (Lipinski definition) is 6. The number of ether oxygens (including phenoxy) is 3. The van der Waals surface area contributed by atoms with Crippen molar-refractivity contribution in [3.63, 3.8) is 0 Å². The molecule has 0 atom stereocenters. The number of nitrogens with zero attached hydrogens (tertiary/aromatic N) is 2. The lowest BCUT2D eigenvalue weighted by Gasteiger charge is -2.39. The number of nitrogen functional groups attached to an aromatic ring is 1. The van der Waals surface area contributed by atoms with Crippen LogP contribution in [0.5, 0.6) is 5.75 Å². The van der Waals surface area contributed by atoms with Crippen molar-refractivity contribution in [3.8, 4) is 5.75 Å². The molecule has 1 aliphatic rings. The number of hydrogen-bond donors (Lipinski definition) is 1. The molecule has 7 heteroatoms. The van der Waals surface area contributed by atoms with Crippen LogP contribution < -0.4 is 15.4 Å². The molecule has 0 saturated carbocycles. The van der Waals surface area contributed by atoms with Crippen LogP contribution in [0.15, 0.2) is 12.1 Å². The largest absolute Gasteiger partial charge is 0.474 e. The fourth-order valence-electron chi connectivity index (χ4n) is 2.31. The molecule has 22 heavy (non-hydrogen) atoms. The van der Waals surface area contributed by atoms with E-state index in [9.17, 15) is 4.79 Å². The molecule has 0 fully saturated rings. The molecule has 7 nitrogen and oxygen atoms in total. The second kappa shape index (κ2) is 6.50. The van der Waals surface area contributed by atoms with E-state index in [2.05, 4.69) is 4.98 Å². The van der Waals surface area contributed by atoms with Crippen LogP contribution in [0.2, 0.25) is 0 Å². The Morgan fingerprint density at radius 2 is 1.95 bits per heavy atom. The van der Waals surface area contributed by atoms with Crippen molar-refractivity contribution in [2.75, 3.05) is 30.4 Å². The highest BCUT2D eigenvalue weighted by Crippen LogP contribution is 2.36. The Labute approximate surface area is 130 Å². The van der Waals surface area contributed by atoms with Crippen LogP contribution in [0, 0.1) is 0 Å². The van der Waals surface area contributed by atoms with Gasteiger partial charge in [0.15, 0.2) is 23.5 Å².